The molecule has 108 valence electrons. The van der Waals surface area contributed by atoms with Crippen LogP contribution >= 0.6 is 0 Å². The summed E-state index contributed by atoms with van der Waals surface area (Å²) in [4.78, 5) is 0. The lowest BCUT2D eigenvalue weighted by Crippen LogP contribution is -2.39. The van der Waals surface area contributed by atoms with Gasteiger partial charge in [0.2, 0.25) is 0 Å². The van der Waals surface area contributed by atoms with Crippen molar-refractivity contribution in [2.75, 3.05) is 26.9 Å². The van der Waals surface area contributed by atoms with Gasteiger partial charge in [0.1, 0.15) is 0 Å². The summed E-state index contributed by atoms with van der Waals surface area (Å²) in [6.07, 6.45) is 8.16. The molecule has 1 rings (SSSR count). The van der Waals surface area contributed by atoms with Gasteiger partial charge in [-0.3, -0.25) is 0 Å². The summed E-state index contributed by atoms with van der Waals surface area (Å²) >= 11 is 0. The van der Waals surface area contributed by atoms with Gasteiger partial charge in [-0.15, -0.1) is 0 Å². The van der Waals surface area contributed by atoms with Gasteiger partial charge in [-0.05, 0) is 31.7 Å². The Bertz CT molecular complexity index is 195. The molecular weight excluding hydrogens is 226 g/mol. The van der Waals surface area contributed by atoms with Gasteiger partial charge < -0.3 is 14.8 Å². The van der Waals surface area contributed by atoms with Gasteiger partial charge in [0, 0.05) is 7.11 Å². The molecule has 0 heterocycles. The summed E-state index contributed by atoms with van der Waals surface area (Å²) in [5, 5.41) is 3.49. The minimum Gasteiger partial charge on any atom is -0.383 e. The quantitative estimate of drug-likeness (QED) is 0.689. The molecule has 1 aliphatic carbocycles. The predicted molar refractivity (Wildman–Crippen MR) is 75.9 cm³/mol. The van der Waals surface area contributed by atoms with Crippen LogP contribution in [0.25, 0.3) is 0 Å². The zero-order valence-electron chi connectivity index (χ0n) is 12.4. The summed E-state index contributed by atoms with van der Waals surface area (Å²) < 4.78 is 11.3. The van der Waals surface area contributed by atoms with E-state index in [0.717, 1.165) is 32.1 Å². The number of methoxy groups -OCH3 is 1. The van der Waals surface area contributed by atoms with Gasteiger partial charge >= 0.3 is 0 Å². The van der Waals surface area contributed by atoms with Crippen molar-refractivity contribution >= 4 is 0 Å². The van der Waals surface area contributed by atoms with Crippen molar-refractivity contribution in [1.82, 2.24) is 5.32 Å². The first-order chi connectivity index (χ1) is 8.80. The number of rotatable bonds is 9. The maximum absolute atomic E-state index is 6.08. The molecule has 1 fully saturated rings. The maximum Gasteiger partial charge on any atom is 0.0645 e. The molecule has 1 aliphatic rings. The van der Waals surface area contributed by atoms with Crippen molar-refractivity contribution in [1.29, 1.82) is 0 Å². The Hall–Kier alpha value is -0.120. The second kappa shape index (κ2) is 9.76. The van der Waals surface area contributed by atoms with Crippen LogP contribution in [0.4, 0.5) is 0 Å². The van der Waals surface area contributed by atoms with Gasteiger partial charge in [-0.25, -0.2) is 0 Å². The molecule has 1 saturated carbocycles. The lowest BCUT2D eigenvalue weighted by Gasteiger charge is -2.30. The average Bonchev–Trinajstić information content (AvgIpc) is 2.42. The van der Waals surface area contributed by atoms with Gasteiger partial charge in [0.05, 0.1) is 25.4 Å². The average molecular weight is 257 g/mol. The van der Waals surface area contributed by atoms with Crippen LogP contribution in [-0.4, -0.2) is 39.0 Å². The summed E-state index contributed by atoms with van der Waals surface area (Å²) in [7, 11) is 1.76. The molecule has 0 aromatic carbocycles. The largest absolute Gasteiger partial charge is 0.383 e. The van der Waals surface area contributed by atoms with Crippen LogP contribution in [0.5, 0.6) is 0 Å². The molecule has 3 nitrogen and oxygen atoms in total. The van der Waals surface area contributed by atoms with Crippen molar-refractivity contribution in [3.8, 4) is 0 Å². The Morgan fingerprint density at radius 1 is 1.22 bits per heavy atom. The third-order valence-electron chi connectivity index (χ3n) is 3.90. The highest BCUT2D eigenvalue weighted by Gasteiger charge is 2.22. The van der Waals surface area contributed by atoms with E-state index in [-0.39, 0.29) is 0 Å². The van der Waals surface area contributed by atoms with E-state index in [9.17, 15) is 0 Å². The number of hydrogen-bond acceptors (Lipinski definition) is 3. The molecular formula is C15H31NO2. The molecule has 1 N–H and O–H groups in total. The van der Waals surface area contributed by atoms with Crippen LogP contribution in [0.3, 0.4) is 0 Å². The number of hydrogen-bond donors (Lipinski definition) is 1. The molecule has 0 spiro atoms. The van der Waals surface area contributed by atoms with Gasteiger partial charge in [-0.2, -0.15) is 0 Å². The first-order valence-electron chi connectivity index (χ1n) is 7.64. The van der Waals surface area contributed by atoms with Gasteiger partial charge in [-0.1, -0.05) is 33.1 Å². The van der Waals surface area contributed by atoms with Crippen LogP contribution in [-0.2, 0) is 9.47 Å². The van der Waals surface area contributed by atoms with E-state index < -0.39 is 0 Å². The van der Waals surface area contributed by atoms with Crippen LogP contribution in [0.1, 0.15) is 52.4 Å². The monoisotopic (exact) mass is 257 g/mol. The third-order valence-corrected chi connectivity index (χ3v) is 3.90. The normalized spacial score (nSPS) is 26.2. The second-order valence-corrected chi connectivity index (χ2v) is 5.50. The van der Waals surface area contributed by atoms with Gasteiger partial charge in [0.25, 0.3) is 0 Å². The van der Waals surface area contributed by atoms with Crippen LogP contribution in [0, 0.1) is 5.92 Å². The van der Waals surface area contributed by atoms with E-state index in [1.54, 1.807) is 7.11 Å². The zero-order valence-corrected chi connectivity index (χ0v) is 12.4. The third kappa shape index (κ3) is 6.17. The zero-order chi connectivity index (χ0) is 13.2. The smallest absolute Gasteiger partial charge is 0.0645 e. The Balaban J connectivity index is 2.22. The highest BCUT2D eigenvalue weighted by molar-refractivity contribution is 4.74. The molecule has 18 heavy (non-hydrogen) atoms. The molecule has 0 aliphatic heterocycles. The first kappa shape index (κ1) is 15.9. The van der Waals surface area contributed by atoms with E-state index in [4.69, 9.17) is 9.47 Å². The molecule has 0 amide bonds. The second-order valence-electron chi connectivity index (χ2n) is 5.50. The minimum atomic E-state index is 0.344. The van der Waals surface area contributed by atoms with Crippen molar-refractivity contribution < 1.29 is 9.47 Å². The highest BCUT2D eigenvalue weighted by Crippen LogP contribution is 2.28. The van der Waals surface area contributed by atoms with E-state index in [1.807, 2.05) is 0 Å². The SMILES string of the molecule is CCCNC(COC)COC1CCCC(CC)C1. The standard InChI is InChI=1S/C15H31NO2/c1-4-9-16-14(11-17-3)12-18-15-8-6-7-13(5-2)10-15/h13-16H,4-12H2,1-3H3. The summed E-state index contributed by atoms with van der Waals surface area (Å²) in [5.41, 5.74) is 0. The summed E-state index contributed by atoms with van der Waals surface area (Å²) in [5.74, 6) is 0.883. The fourth-order valence-electron chi connectivity index (χ4n) is 2.73. The summed E-state index contributed by atoms with van der Waals surface area (Å²) in [6, 6.07) is 0.344. The lowest BCUT2D eigenvalue weighted by atomic mass is 9.85. The lowest BCUT2D eigenvalue weighted by molar-refractivity contribution is -0.00899. The van der Waals surface area contributed by atoms with Crippen LogP contribution in [0.15, 0.2) is 0 Å². The van der Waals surface area contributed by atoms with E-state index in [1.165, 1.54) is 32.1 Å². The first-order valence-corrected chi connectivity index (χ1v) is 7.64. The molecule has 0 aromatic rings. The van der Waals surface area contributed by atoms with Crippen molar-refractivity contribution in [2.45, 2.75) is 64.5 Å². The van der Waals surface area contributed by atoms with Crippen LogP contribution in [0.2, 0.25) is 0 Å². The topological polar surface area (TPSA) is 30.5 Å². The Morgan fingerprint density at radius 3 is 2.72 bits per heavy atom. The molecule has 0 saturated heterocycles. The Labute approximate surface area is 113 Å². The molecule has 0 radical (unpaired) electrons. The van der Waals surface area contributed by atoms with E-state index >= 15 is 0 Å². The van der Waals surface area contributed by atoms with Gasteiger partial charge in [0.15, 0.2) is 0 Å². The predicted octanol–water partition coefficient (Wildman–Crippen LogP) is 2.99. The number of ether oxygens (including phenoxy) is 2. The van der Waals surface area contributed by atoms with Crippen molar-refractivity contribution in [2.24, 2.45) is 5.92 Å². The molecule has 3 heteroatoms. The van der Waals surface area contributed by atoms with Crippen LogP contribution < -0.4 is 5.32 Å². The Kier molecular flexibility index (Phi) is 8.64. The maximum atomic E-state index is 6.08. The summed E-state index contributed by atoms with van der Waals surface area (Å²) in [6.45, 7) is 7.05. The fraction of sp³-hybridized carbons (Fsp3) is 1.00. The Morgan fingerprint density at radius 2 is 2.06 bits per heavy atom. The van der Waals surface area contributed by atoms with E-state index in [0.29, 0.717) is 12.1 Å². The molecule has 0 bridgehead atoms. The molecule has 3 atom stereocenters. The van der Waals surface area contributed by atoms with Crippen molar-refractivity contribution in [3.63, 3.8) is 0 Å². The molecule has 0 aromatic heterocycles. The minimum absolute atomic E-state index is 0.344. The van der Waals surface area contributed by atoms with Crippen molar-refractivity contribution in [3.05, 3.63) is 0 Å². The fourth-order valence-corrected chi connectivity index (χ4v) is 2.73. The molecule has 3 unspecified atom stereocenters. The highest BCUT2D eigenvalue weighted by atomic mass is 16.5. The van der Waals surface area contributed by atoms with E-state index in [2.05, 4.69) is 19.2 Å². The number of nitrogens with one attached hydrogen (secondary N) is 1.